The number of nitrogens with zero attached hydrogens (tertiary/aromatic N) is 1. The summed E-state index contributed by atoms with van der Waals surface area (Å²) >= 11 is 0. The molecule has 1 aromatic rings. The number of ether oxygens (including phenoxy) is 2. The van der Waals surface area contributed by atoms with Crippen LogP contribution in [0.1, 0.15) is 0 Å². The molecular weight excluding hydrogens is 142 g/mol. The smallest absolute Gasteiger partial charge is 0.138 e. The molecule has 3 heteroatoms. The summed E-state index contributed by atoms with van der Waals surface area (Å²) in [6, 6.07) is 4.55. The zero-order valence-corrected chi connectivity index (χ0v) is 6.41. The molecule has 0 atom stereocenters. The molecule has 3 nitrogen and oxygen atoms in total. The predicted octanol–water partition coefficient (Wildman–Crippen LogP) is 0.907. The lowest BCUT2D eigenvalue weighted by Crippen LogP contribution is -2.04. The van der Waals surface area contributed by atoms with Gasteiger partial charge in [0.05, 0.1) is 12.8 Å². The Balaban J connectivity index is 2.28. The maximum absolute atomic E-state index is 5.23. The highest BCUT2D eigenvalue weighted by molar-refractivity contribution is 5.14. The van der Waals surface area contributed by atoms with Gasteiger partial charge in [-0.3, -0.25) is 4.98 Å². The van der Waals surface area contributed by atoms with Gasteiger partial charge in [-0.2, -0.15) is 0 Å². The summed E-state index contributed by atoms with van der Waals surface area (Å²) in [6.07, 6.45) is 3.23. The molecule has 0 aromatic carbocycles. The lowest BCUT2D eigenvalue weighted by molar-refractivity contribution is 0.146. The van der Waals surface area contributed by atoms with Gasteiger partial charge in [-0.25, -0.2) is 0 Å². The predicted molar refractivity (Wildman–Crippen MR) is 40.4 cm³/mol. The van der Waals surface area contributed by atoms with Crippen molar-refractivity contribution >= 4 is 0 Å². The summed E-state index contributed by atoms with van der Waals surface area (Å²) in [4.78, 5) is 3.84. The van der Waals surface area contributed by atoms with Crippen LogP contribution in [-0.2, 0) is 4.74 Å². The van der Waals surface area contributed by atoms with Crippen molar-refractivity contribution in [1.82, 2.24) is 4.98 Å². The molecule has 0 unspecified atom stereocenters. The van der Waals surface area contributed by atoms with E-state index >= 15 is 0 Å². The Hall–Kier alpha value is -1.09. The fourth-order valence-corrected chi connectivity index (χ4v) is 0.632. The first-order chi connectivity index (χ1) is 5.43. The van der Waals surface area contributed by atoms with Gasteiger partial charge in [-0.15, -0.1) is 0 Å². The first kappa shape index (κ1) is 8.01. The Morgan fingerprint density at radius 1 is 1.55 bits per heavy atom. The van der Waals surface area contributed by atoms with Gasteiger partial charge >= 0.3 is 0 Å². The van der Waals surface area contributed by atoms with Crippen LogP contribution in [0.25, 0.3) is 0 Å². The summed E-state index contributed by atoms with van der Waals surface area (Å²) in [6.45, 7) is 1.14. The van der Waals surface area contributed by atoms with Crippen LogP contribution in [0.2, 0.25) is 0 Å². The third-order valence-corrected chi connectivity index (χ3v) is 1.13. The quantitative estimate of drug-likeness (QED) is 0.601. The minimum Gasteiger partial charge on any atom is -0.490 e. The molecule has 0 spiro atoms. The van der Waals surface area contributed by atoms with E-state index in [1.54, 1.807) is 25.6 Å². The fraction of sp³-hybridized carbons (Fsp3) is 0.375. The maximum atomic E-state index is 5.23. The molecule has 1 rings (SSSR count). The lowest BCUT2D eigenvalue weighted by Gasteiger charge is -2.02. The summed E-state index contributed by atoms with van der Waals surface area (Å²) in [5.41, 5.74) is 0. The number of hydrogen-bond acceptors (Lipinski definition) is 3. The van der Waals surface area contributed by atoms with Crippen molar-refractivity contribution in [2.24, 2.45) is 0 Å². The highest BCUT2D eigenvalue weighted by Gasteiger charge is 1.89. The standard InChI is InChI=1S/C8H10NO2/c1-10-5-6-11-8-3-2-4-9-7-8/h3-4,7H,5-6H2,1H3. The largest absolute Gasteiger partial charge is 0.490 e. The Kier molecular flexibility index (Phi) is 3.41. The molecule has 0 N–H and O–H groups in total. The van der Waals surface area contributed by atoms with Crippen LogP contribution in [0.3, 0.4) is 0 Å². The zero-order valence-electron chi connectivity index (χ0n) is 6.41. The van der Waals surface area contributed by atoms with Crippen molar-refractivity contribution in [3.05, 3.63) is 24.5 Å². The minimum atomic E-state index is 0.552. The van der Waals surface area contributed by atoms with Crippen LogP contribution in [0.5, 0.6) is 5.75 Å². The molecule has 59 valence electrons. The average molecular weight is 152 g/mol. The van der Waals surface area contributed by atoms with Crippen LogP contribution >= 0.6 is 0 Å². The normalized spacial score (nSPS) is 9.55. The molecule has 0 bridgehead atoms. The lowest BCUT2D eigenvalue weighted by atomic mass is 10.5. The monoisotopic (exact) mass is 152 g/mol. The van der Waals surface area contributed by atoms with E-state index in [1.807, 2.05) is 0 Å². The third kappa shape index (κ3) is 3.00. The molecule has 0 saturated heterocycles. The minimum absolute atomic E-state index is 0.552. The number of aromatic nitrogens is 1. The summed E-state index contributed by atoms with van der Waals surface area (Å²) in [5.74, 6) is 0.726. The molecule has 0 aliphatic rings. The maximum Gasteiger partial charge on any atom is 0.138 e. The van der Waals surface area contributed by atoms with E-state index in [0.29, 0.717) is 13.2 Å². The van der Waals surface area contributed by atoms with Crippen molar-refractivity contribution in [1.29, 1.82) is 0 Å². The molecule has 1 aromatic heterocycles. The molecule has 1 heterocycles. The second-order valence-electron chi connectivity index (χ2n) is 1.96. The Morgan fingerprint density at radius 3 is 3.09 bits per heavy atom. The first-order valence-electron chi connectivity index (χ1n) is 3.36. The van der Waals surface area contributed by atoms with Crippen molar-refractivity contribution in [2.45, 2.75) is 0 Å². The van der Waals surface area contributed by atoms with Crippen molar-refractivity contribution in [3.8, 4) is 5.75 Å². The number of rotatable bonds is 4. The second kappa shape index (κ2) is 4.68. The average Bonchev–Trinajstić information content (AvgIpc) is 2.07. The van der Waals surface area contributed by atoms with Gasteiger partial charge in [0.1, 0.15) is 12.4 Å². The fourth-order valence-electron chi connectivity index (χ4n) is 0.632. The van der Waals surface area contributed by atoms with Crippen LogP contribution in [0.4, 0.5) is 0 Å². The zero-order chi connectivity index (χ0) is 7.94. The van der Waals surface area contributed by atoms with Crippen molar-refractivity contribution in [2.75, 3.05) is 20.3 Å². The topological polar surface area (TPSA) is 31.4 Å². The Morgan fingerprint density at radius 2 is 2.45 bits per heavy atom. The van der Waals surface area contributed by atoms with Crippen LogP contribution in [-0.4, -0.2) is 25.3 Å². The summed E-state index contributed by atoms with van der Waals surface area (Å²) in [7, 11) is 1.64. The molecule has 11 heavy (non-hydrogen) atoms. The second-order valence-corrected chi connectivity index (χ2v) is 1.96. The van der Waals surface area contributed by atoms with Gasteiger partial charge in [0.25, 0.3) is 0 Å². The van der Waals surface area contributed by atoms with Crippen molar-refractivity contribution < 1.29 is 9.47 Å². The van der Waals surface area contributed by atoms with Crippen LogP contribution < -0.4 is 4.74 Å². The SMILES string of the molecule is COCCOc1c[c]cnc1. The third-order valence-electron chi connectivity index (χ3n) is 1.13. The molecule has 0 saturated carbocycles. The number of hydrogen-bond donors (Lipinski definition) is 0. The summed E-state index contributed by atoms with van der Waals surface area (Å²) in [5, 5.41) is 0. The van der Waals surface area contributed by atoms with Crippen molar-refractivity contribution in [3.63, 3.8) is 0 Å². The molecule has 0 aliphatic carbocycles. The van der Waals surface area contributed by atoms with E-state index in [0.717, 1.165) is 5.75 Å². The van der Waals surface area contributed by atoms with Gasteiger partial charge in [-0.05, 0) is 6.07 Å². The number of methoxy groups -OCH3 is 1. The first-order valence-corrected chi connectivity index (χ1v) is 3.36. The van der Waals surface area contributed by atoms with Crippen LogP contribution in [0.15, 0.2) is 18.5 Å². The number of pyridine rings is 1. The Bertz CT molecular complexity index is 189. The summed E-state index contributed by atoms with van der Waals surface area (Å²) < 4.78 is 10.0. The van der Waals surface area contributed by atoms with E-state index < -0.39 is 0 Å². The molecule has 0 fully saturated rings. The van der Waals surface area contributed by atoms with E-state index in [9.17, 15) is 0 Å². The molecule has 0 aliphatic heterocycles. The van der Waals surface area contributed by atoms with Gasteiger partial charge in [0.2, 0.25) is 0 Å². The molecular formula is C8H10NO2. The van der Waals surface area contributed by atoms with Gasteiger partial charge in [-0.1, -0.05) is 0 Å². The van der Waals surface area contributed by atoms with Gasteiger partial charge in [0.15, 0.2) is 0 Å². The van der Waals surface area contributed by atoms with E-state index in [2.05, 4.69) is 11.1 Å². The van der Waals surface area contributed by atoms with E-state index in [4.69, 9.17) is 9.47 Å². The Labute approximate surface area is 66.0 Å². The van der Waals surface area contributed by atoms with Gasteiger partial charge in [0, 0.05) is 19.4 Å². The van der Waals surface area contributed by atoms with Crippen LogP contribution in [0, 0.1) is 6.07 Å². The highest BCUT2D eigenvalue weighted by Crippen LogP contribution is 2.04. The van der Waals surface area contributed by atoms with Gasteiger partial charge < -0.3 is 9.47 Å². The molecule has 1 radical (unpaired) electrons. The highest BCUT2D eigenvalue weighted by atomic mass is 16.5. The van der Waals surface area contributed by atoms with E-state index in [-0.39, 0.29) is 0 Å². The molecule has 0 amide bonds. The van der Waals surface area contributed by atoms with E-state index in [1.165, 1.54) is 0 Å².